The highest BCUT2D eigenvalue weighted by atomic mass is 19.1. The molecule has 1 aliphatic heterocycles. The average molecular weight is 309 g/mol. The Kier molecular flexibility index (Phi) is 4.14. The van der Waals surface area contributed by atoms with Crippen LogP contribution in [0.5, 0.6) is 0 Å². The number of esters is 1. The molecule has 2 heterocycles. The van der Waals surface area contributed by atoms with Crippen molar-refractivity contribution < 1.29 is 23.4 Å². The van der Waals surface area contributed by atoms with Crippen molar-refractivity contribution >= 4 is 5.97 Å². The van der Waals surface area contributed by atoms with Gasteiger partial charge in [0.25, 0.3) is 0 Å². The second-order valence-electron chi connectivity index (χ2n) is 5.80. The van der Waals surface area contributed by atoms with Crippen molar-refractivity contribution in [3.05, 3.63) is 29.8 Å². The van der Waals surface area contributed by atoms with Gasteiger partial charge in [-0.3, -0.25) is 9.78 Å². The number of rotatable bonds is 3. The molecule has 2 aliphatic rings. The smallest absolute Gasteiger partial charge is 0.316 e. The molecule has 0 bridgehead atoms. The van der Waals surface area contributed by atoms with E-state index < -0.39 is 17.0 Å². The third-order valence-electron chi connectivity index (χ3n) is 4.60. The van der Waals surface area contributed by atoms with Gasteiger partial charge >= 0.3 is 5.97 Å². The minimum absolute atomic E-state index is 0.293. The summed E-state index contributed by atoms with van der Waals surface area (Å²) in [6.07, 6.45) is 4.85. The largest absolute Gasteiger partial charge is 0.465 e. The van der Waals surface area contributed by atoms with Crippen LogP contribution >= 0.6 is 0 Å². The van der Waals surface area contributed by atoms with Gasteiger partial charge in [-0.05, 0) is 31.4 Å². The Morgan fingerprint density at radius 1 is 1.27 bits per heavy atom. The first-order valence-electron chi connectivity index (χ1n) is 7.66. The summed E-state index contributed by atoms with van der Waals surface area (Å²) in [7, 11) is 0. The molecule has 0 amide bonds. The van der Waals surface area contributed by atoms with Gasteiger partial charge < -0.3 is 14.2 Å². The van der Waals surface area contributed by atoms with Gasteiger partial charge in [-0.25, -0.2) is 4.39 Å². The SMILES string of the molecule is CCOC(=O)C1(c2cncc(F)c2)CCC2(CC1)OCCO2. The van der Waals surface area contributed by atoms with Crippen molar-refractivity contribution in [2.75, 3.05) is 19.8 Å². The van der Waals surface area contributed by atoms with Gasteiger partial charge in [0, 0.05) is 19.0 Å². The lowest BCUT2D eigenvalue weighted by molar-refractivity contribution is -0.191. The van der Waals surface area contributed by atoms with E-state index in [9.17, 15) is 9.18 Å². The zero-order valence-corrected chi connectivity index (χ0v) is 12.6. The van der Waals surface area contributed by atoms with E-state index in [1.807, 2.05) is 0 Å². The highest BCUT2D eigenvalue weighted by Gasteiger charge is 2.51. The Balaban J connectivity index is 1.90. The summed E-state index contributed by atoms with van der Waals surface area (Å²) < 4.78 is 30.3. The van der Waals surface area contributed by atoms with Gasteiger partial charge in [0.15, 0.2) is 5.79 Å². The number of aromatic nitrogens is 1. The summed E-state index contributed by atoms with van der Waals surface area (Å²) in [4.78, 5) is 16.5. The molecule has 0 aromatic carbocycles. The quantitative estimate of drug-likeness (QED) is 0.802. The molecule has 0 N–H and O–H groups in total. The molecule has 6 heteroatoms. The maximum absolute atomic E-state index is 13.6. The number of carbonyl (C=O) groups is 1. The second-order valence-corrected chi connectivity index (χ2v) is 5.80. The number of nitrogens with zero attached hydrogens (tertiary/aromatic N) is 1. The zero-order valence-electron chi connectivity index (χ0n) is 12.6. The third-order valence-corrected chi connectivity index (χ3v) is 4.60. The summed E-state index contributed by atoms with van der Waals surface area (Å²) >= 11 is 0. The van der Waals surface area contributed by atoms with Gasteiger partial charge in [-0.15, -0.1) is 0 Å². The predicted molar refractivity (Wildman–Crippen MR) is 75.6 cm³/mol. The summed E-state index contributed by atoms with van der Waals surface area (Å²) in [5, 5.41) is 0. The van der Waals surface area contributed by atoms with Gasteiger partial charge in [0.2, 0.25) is 0 Å². The molecule has 1 aromatic rings. The average Bonchev–Trinajstić information content (AvgIpc) is 2.97. The van der Waals surface area contributed by atoms with E-state index in [1.165, 1.54) is 6.07 Å². The van der Waals surface area contributed by atoms with Crippen molar-refractivity contribution in [3.8, 4) is 0 Å². The Hall–Kier alpha value is -1.53. The van der Waals surface area contributed by atoms with E-state index in [2.05, 4.69) is 4.98 Å². The van der Waals surface area contributed by atoms with Crippen molar-refractivity contribution in [2.24, 2.45) is 0 Å². The minimum Gasteiger partial charge on any atom is -0.465 e. The van der Waals surface area contributed by atoms with E-state index in [0.29, 0.717) is 51.1 Å². The third kappa shape index (κ3) is 2.61. The van der Waals surface area contributed by atoms with Crippen molar-refractivity contribution in [2.45, 2.75) is 43.8 Å². The fourth-order valence-electron chi connectivity index (χ4n) is 3.40. The van der Waals surface area contributed by atoms with Crippen LogP contribution in [0, 0.1) is 5.82 Å². The van der Waals surface area contributed by atoms with E-state index in [0.717, 1.165) is 6.20 Å². The monoisotopic (exact) mass is 309 g/mol. The fraction of sp³-hybridized carbons (Fsp3) is 0.625. The normalized spacial score (nSPS) is 22.6. The van der Waals surface area contributed by atoms with Crippen molar-refractivity contribution in [1.82, 2.24) is 4.98 Å². The molecule has 1 aromatic heterocycles. The van der Waals surface area contributed by atoms with Crippen molar-refractivity contribution in [3.63, 3.8) is 0 Å². The van der Waals surface area contributed by atoms with Crippen molar-refractivity contribution in [1.29, 1.82) is 0 Å². The van der Waals surface area contributed by atoms with E-state index in [1.54, 1.807) is 13.1 Å². The van der Waals surface area contributed by atoms with Crippen LogP contribution in [0.25, 0.3) is 0 Å². The molecule has 1 saturated heterocycles. The molecule has 0 radical (unpaired) electrons. The van der Waals surface area contributed by atoms with E-state index in [-0.39, 0.29) is 5.97 Å². The zero-order chi connectivity index (χ0) is 15.6. The Morgan fingerprint density at radius 3 is 2.55 bits per heavy atom. The first-order chi connectivity index (χ1) is 10.6. The lowest BCUT2D eigenvalue weighted by Gasteiger charge is -2.42. The van der Waals surface area contributed by atoms with Crippen LogP contribution in [0.2, 0.25) is 0 Å². The molecule has 22 heavy (non-hydrogen) atoms. The molecule has 1 aliphatic carbocycles. The topological polar surface area (TPSA) is 57.7 Å². The number of hydrogen-bond acceptors (Lipinski definition) is 5. The Bertz CT molecular complexity index is 547. The summed E-state index contributed by atoms with van der Waals surface area (Å²) in [5.41, 5.74) is -0.301. The van der Waals surface area contributed by atoms with Gasteiger partial charge in [-0.1, -0.05) is 0 Å². The summed E-state index contributed by atoms with van der Waals surface area (Å²) in [6.45, 7) is 3.21. The summed E-state index contributed by atoms with van der Waals surface area (Å²) in [5.74, 6) is -1.36. The van der Waals surface area contributed by atoms with Crippen LogP contribution in [0.1, 0.15) is 38.2 Å². The molecule has 0 unspecified atom stereocenters. The van der Waals surface area contributed by atoms with Gasteiger partial charge in [0.05, 0.1) is 31.4 Å². The molecule has 3 rings (SSSR count). The molecule has 5 nitrogen and oxygen atoms in total. The first-order valence-corrected chi connectivity index (χ1v) is 7.66. The van der Waals surface area contributed by atoms with Crippen LogP contribution < -0.4 is 0 Å². The van der Waals surface area contributed by atoms with Crippen LogP contribution in [0.15, 0.2) is 18.5 Å². The molecule has 2 fully saturated rings. The second kappa shape index (κ2) is 5.93. The number of ether oxygens (including phenoxy) is 3. The van der Waals surface area contributed by atoms with E-state index >= 15 is 0 Å². The van der Waals surface area contributed by atoms with Crippen LogP contribution in [0.3, 0.4) is 0 Å². The molecule has 1 spiro atoms. The summed E-state index contributed by atoms with van der Waals surface area (Å²) in [6, 6.07) is 1.37. The maximum atomic E-state index is 13.6. The standard InChI is InChI=1S/C16H20FNO4/c1-2-20-14(19)15(12-9-13(17)11-18-10-12)3-5-16(6-4-15)21-7-8-22-16/h9-11H,2-8H2,1H3. The fourth-order valence-corrected chi connectivity index (χ4v) is 3.40. The Morgan fingerprint density at radius 2 is 1.95 bits per heavy atom. The first kappa shape index (κ1) is 15.4. The molecule has 120 valence electrons. The number of carbonyl (C=O) groups excluding carboxylic acids is 1. The van der Waals surface area contributed by atoms with Crippen LogP contribution in [-0.4, -0.2) is 36.6 Å². The molecule has 1 saturated carbocycles. The lowest BCUT2D eigenvalue weighted by Crippen LogP contribution is -2.47. The lowest BCUT2D eigenvalue weighted by atomic mass is 9.68. The molecular weight excluding hydrogens is 289 g/mol. The number of hydrogen-bond donors (Lipinski definition) is 0. The highest BCUT2D eigenvalue weighted by Crippen LogP contribution is 2.47. The van der Waals surface area contributed by atoms with E-state index in [4.69, 9.17) is 14.2 Å². The maximum Gasteiger partial charge on any atom is 0.316 e. The van der Waals surface area contributed by atoms with Crippen LogP contribution in [0.4, 0.5) is 4.39 Å². The van der Waals surface area contributed by atoms with Gasteiger partial charge in [-0.2, -0.15) is 0 Å². The van der Waals surface area contributed by atoms with Gasteiger partial charge in [0.1, 0.15) is 5.82 Å². The predicted octanol–water partition coefficient (Wildman–Crippen LogP) is 2.34. The number of halogens is 1. The Labute approximate surface area is 128 Å². The molecular formula is C16H20FNO4. The minimum atomic E-state index is -0.869. The number of pyridine rings is 1. The molecule has 0 atom stereocenters. The van der Waals surface area contributed by atoms with Crippen LogP contribution in [-0.2, 0) is 24.4 Å². The highest BCUT2D eigenvalue weighted by molar-refractivity contribution is 5.83.